The highest BCUT2D eigenvalue weighted by molar-refractivity contribution is 5.88. The normalized spacial score (nSPS) is 20.0. The van der Waals surface area contributed by atoms with Crippen molar-refractivity contribution >= 4 is 5.91 Å². The van der Waals surface area contributed by atoms with Gasteiger partial charge < -0.3 is 14.6 Å². The van der Waals surface area contributed by atoms with Crippen LogP contribution in [0.15, 0.2) is 59.4 Å². The molecule has 1 N–H and O–H groups in total. The van der Waals surface area contributed by atoms with Gasteiger partial charge in [-0.05, 0) is 75.3 Å². The number of carbonyl (C=O) groups excluding carboxylic acids is 1. The van der Waals surface area contributed by atoms with Crippen LogP contribution in [0.2, 0.25) is 0 Å². The summed E-state index contributed by atoms with van der Waals surface area (Å²) in [5, 5.41) is 3.14. The standard InChI is InChI=1S/C29H30F2N2O3/c1-3-36-29(14-15-29)28(35)32-24-13-12-22-11-10-18(2)27(34)33(22)25(24)17-20-7-5-9-23(26(20)31)19-6-4-8-21(30)16-19/h4-11,16,24-25H,3,12-15,17H2,1-2H3,(H,32,35). The van der Waals surface area contributed by atoms with E-state index in [0.29, 0.717) is 54.5 Å². The molecule has 2 heterocycles. The molecule has 188 valence electrons. The molecule has 0 bridgehead atoms. The van der Waals surface area contributed by atoms with Crippen LogP contribution in [0.5, 0.6) is 0 Å². The summed E-state index contributed by atoms with van der Waals surface area (Å²) in [5.74, 6) is -1.06. The van der Waals surface area contributed by atoms with Crippen LogP contribution in [-0.4, -0.2) is 28.7 Å². The number of carbonyl (C=O) groups is 1. The maximum atomic E-state index is 15.8. The van der Waals surface area contributed by atoms with Gasteiger partial charge in [0.25, 0.3) is 11.5 Å². The van der Waals surface area contributed by atoms with E-state index in [-0.39, 0.29) is 23.9 Å². The van der Waals surface area contributed by atoms with Crippen molar-refractivity contribution in [2.45, 2.75) is 63.6 Å². The Balaban J connectivity index is 1.52. The Labute approximate surface area is 209 Å². The van der Waals surface area contributed by atoms with Crippen molar-refractivity contribution in [3.8, 4) is 11.1 Å². The fourth-order valence-electron chi connectivity index (χ4n) is 5.31. The summed E-state index contributed by atoms with van der Waals surface area (Å²) in [6, 6.07) is 13.8. The summed E-state index contributed by atoms with van der Waals surface area (Å²) >= 11 is 0. The van der Waals surface area contributed by atoms with Crippen molar-refractivity contribution < 1.29 is 18.3 Å². The van der Waals surface area contributed by atoms with Gasteiger partial charge in [0, 0.05) is 23.4 Å². The van der Waals surface area contributed by atoms with Gasteiger partial charge in [0.15, 0.2) is 0 Å². The highest BCUT2D eigenvalue weighted by Crippen LogP contribution is 2.40. The van der Waals surface area contributed by atoms with E-state index in [0.717, 1.165) is 5.69 Å². The molecule has 7 heteroatoms. The largest absolute Gasteiger partial charge is 0.365 e. The van der Waals surface area contributed by atoms with Crippen molar-refractivity contribution in [2.75, 3.05) is 6.61 Å². The molecule has 36 heavy (non-hydrogen) atoms. The predicted octanol–water partition coefficient (Wildman–Crippen LogP) is 4.89. The van der Waals surface area contributed by atoms with Gasteiger partial charge >= 0.3 is 0 Å². The molecule has 0 spiro atoms. The van der Waals surface area contributed by atoms with Gasteiger partial charge in [-0.1, -0.05) is 36.4 Å². The first-order valence-electron chi connectivity index (χ1n) is 12.5. The van der Waals surface area contributed by atoms with E-state index in [1.165, 1.54) is 12.1 Å². The number of fused-ring (bicyclic) bond motifs is 1. The van der Waals surface area contributed by atoms with E-state index in [2.05, 4.69) is 5.32 Å². The van der Waals surface area contributed by atoms with Crippen molar-refractivity contribution in [1.29, 1.82) is 0 Å². The first kappa shape index (κ1) is 24.4. The zero-order chi connectivity index (χ0) is 25.4. The highest BCUT2D eigenvalue weighted by atomic mass is 19.1. The average molecular weight is 493 g/mol. The van der Waals surface area contributed by atoms with Gasteiger partial charge in [0.05, 0.1) is 12.1 Å². The Kier molecular flexibility index (Phi) is 6.51. The summed E-state index contributed by atoms with van der Waals surface area (Å²) in [6.07, 6.45) is 2.81. The average Bonchev–Trinajstić information content (AvgIpc) is 3.65. The molecule has 0 saturated heterocycles. The topological polar surface area (TPSA) is 60.3 Å². The minimum Gasteiger partial charge on any atom is -0.365 e. The zero-order valence-electron chi connectivity index (χ0n) is 20.5. The quantitative estimate of drug-likeness (QED) is 0.511. The van der Waals surface area contributed by atoms with Gasteiger partial charge in [-0.25, -0.2) is 8.78 Å². The number of amides is 1. The summed E-state index contributed by atoms with van der Waals surface area (Å²) in [6.45, 7) is 4.07. The van der Waals surface area contributed by atoms with E-state index in [1.807, 2.05) is 19.1 Å². The first-order valence-corrected chi connectivity index (χ1v) is 12.5. The predicted molar refractivity (Wildman–Crippen MR) is 134 cm³/mol. The summed E-state index contributed by atoms with van der Waals surface area (Å²) < 4.78 is 37.0. The molecule has 5 rings (SSSR count). The fourth-order valence-corrected chi connectivity index (χ4v) is 5.31. The Morgan fingerprint density at radius 1 is 1.14 bits per heavy atom. The summed E-state index contributed by atoms with van der Waals surface area (Å²) in [5.41, 5.74) is 1.69. The molecule has 1 aliphatic carbocycles. The minimum absolute atomic E-state index is 0.135. The molecule has 1 aromatic heterocycles. The number of aromatic nitrogens is 1. The van der Waals surface area contributed by atoms with Crippen molar-refractivity contribution in [1.82, 2.24) is 9.88 Å². The van der Waals surface area contributed by atoms with Crippen LogP contribution in [0.1, 0.15) is 49.0 Å². The molecule has 3 aromatic rings. The Morgan fingerprint density at radius 2 is 1.92 bits per heavy atom. The minimum atomic E-state index is -0.792. The number of hydrogen-bond donors (Lipinski definition) is 1. The van der Waals surface area contributed by atoms with E-state index in [1.54, 1.807) is 41.8 Å². The molecule has 2 atom stereocenters. The third-order valence-electron chi connectivity index (χ3n) is 7.40. The van der Waals surface area contributed by atoms with Gasteiger partial charge in [-0.2, -0.15) is 0 Å². The molecule has 1 aliphatic heterocycles. The molecule has 2 aromatic carbocycles. The van der Waals surface area contributed by atoms with Crippen LogP contribution in [0.4, 0.5) is 8.78 Å². The van der Waals surface area contributed by atoms with Crippen LogP contribution in [-0.2, 0) is 22.4 Å². The lowest BCUT2D eigenvalue weighted by Crippen LogP contribution is -2.52. The molecular weight excluding hydrogens is 462 g/mol. The van der Waals surface area contributed by atoms with Crippen LogP contribution in [0, 0.1) is 18.6 Å². The second kappa shape index (κ2) is 9.62. The molecule has 0 radical (unpaired) electrons. The maximum absolute atomic E-state index is 15.8. The molecule has 2 unspecified atom stereocenters. The number of aryl methyl sites for hydroxylation is 2. The Bertz CT molecular complexity index is 1360. The molecule has 2 aliphatic rings. The summed E-state index contributed by atoms with van der Waals surface area (Å²) in [4.78, 5) is 26.4. The number of rotatable bonds is 7. The monoisotopic (exact) mass is 492 g/mol. The fraction of sp³-hybridized carbons (Fsp3) is 0.379. The second-order valence-electron chi connectivity index (χ2n) is 9.79. The number of nitrogens with zero attached hydrogens (tertiary/aromatic N) is 1. The number of halogens is 2. The van der Waals surface area contributed by atoms with E-state index >= 15 is 4.39 Å². The maximum Gasteiger partial charge on any atom is 0.253 e. The highest BCUT2D eigenvalue weighted by Gasteiger charge is 2.52. The van der Waals surface area contributed by atoms with Crippen molar-refractivity contribution in [3.63, 3.8) is 0 Å². The Morgan fingerprint density at radius 3 is 2.64 bits per heavy atom. The SMILES string of the molecule is CCOC1(C(=O)NC2CCc3ccc(C)c(=O)n3C2Cc2cccc(-c3cccc(F)c3)c2F)CC1. The lowest BCUT2D eigenvalue weighted by atomic mass is 9.89. The van der Waals surface area contributed by atoms with Gasteiger partial charge in [0.1, 0.15) is 17.2 Å². The van der Waals surface area contributed by atoms with E-state index in [9.17, 15) is 14.0 Å². The smallest absolute Gasteiger partial charge is 0.253 e. The number of pyridine rings is 1. The van der Waals surface area contributed by atoms with Crippen molar-refractivity contribution in [3.05, 3.63) is 93.4 Å². The molecule has 1 saturated carbocycles. The van der Waals surface area contributed by atoms with Crippen LogP contribution < -0.4 is 10.9 Å². The molecular formula is C29H30F2N2O3. The van der Waals surface area contributed by atoms with Crippen LogP contribution >= 0.6 is 0 Å². The summed E-state index contributed by atoms with van der Waals surface area (Å²) in [7, 11) is 0. The van der Waals surface area contributed by atoms with Gasteiger partial charge in [-0.15, -0.1) is 0 Å². The van der Waals surface area contributed by atoms with Crippen LogP contribution in [0.3, 0.4) is 0 Å². The number of ether oxygens (including phenoxy) is 1. The van der Waals surface area contributed by atoms with Crippen molar-refractivity contribution in [2.24, 2.45) is 0 Å². The number of benzene rings is 2. The van der Waals surface area contributed by atoms with Gasteiger partial charge in [0.2, 0.25) is 0 Å². The number of nitrogens with one attached hydrogen (secondary N) is 1. The van der Waals surface area contributed by atoms with E-state index < -0.39 is 23.3 Å². The molecule has 1 fully saturated rings. The lowest BCUT2D eigenvalue weighted by Gasteiger charge is -2.37. The third kappa shape index (κ3) is 4.48. The van der Waals surface area contributed by atoms with Crippen LogP contribution in [0.25, 0.3) is 11.1 Å². The van der Waals surface area contributed by atoms with Gasteiger partial charge in [-0.3, -0.25) is 9.59 Å². The second-order valence-corrected chi connectivity index (χ2v) is 9.79. The van der Waals surface area contributed by atoms with E-state index in [4.69, 9.17) is 4.74 Å². The first-order chi connectivity index (χ1) is 17.3. The molecule has 5 nitrogen and oxygen atoms in total. The lowest BCUT2D eigenvalue weighted by molar-refractivity contribution is -0.136. The molecule has 1 amide bonds. The number of hydrogen-bond acceptors (Lipinski definition) is 3. The third-order valence-corrected chi connectivity index (χ3v) is 7.40. The zero-order valence-corrected chi connectivity index (χ0v) is 20.5. The Hall–Kier alpha value is -3.32.